The number of phenolic OH excluding ortho intramolecular Hbond substituents is 4. The predicted octanol–water partition coefficient (Wildman–Crippen LogP) is 9.86. The zero-order chi connectivity index (χ0) is 40.9. The van der Waals surface area contributed by atoms with E-state index in [1.54, 1.807) is 48.5 Å². The van der Waals surface area contributed by atoms with Gasteiger partial charge in [-0.2, -0.15) is 0 Å². The van der Waals surface area contributed by atoms with Crippen molar-refractivity contribution >= 4 is 35.3 Å². The van der Waals surface area contributed by atoms with Crippen molar-refractivity contribution in [3.8, 4) is 90.5 Å². The van der Waals surface area contributed by atoms with Crippen LogP contribution < -0.4 is 18.9 Å². The van der Waals surface area contributed by atoms with Crippen LogP contribution in [0.1, 0.15) is 22.8 Å². The molecule has 0 fully saturated rings. The Labute approximate surface area is 338 Å². The number of hydrogen-bond acceptors (Lipinski definition) is 10. The fourth-order valence-corrected chi connectivity index (χ4v) is 7.75. The number of nitrogens with one attached hydrogen (secondary N) is 1. The first kappa shape index (κ1) is 36.7. The van der Waals surface area contributed by atoms with Crippen molar-refractivity contribution in [2.24, 2.45) is 0 Å². The second-order valence-corrected chi connectivity index (χ2v) is 13.9. The summed E-state index contributed by atoms with van der Waals surface area (Å²) in [5.74, 6) is 1.19. The van der Waals surface area contributed by atoms with Crippen molar-refractivity contribution in [3.63, 3.8) is 0 Å². The van der Waals surface area contributed by atoms with Gasteiger partial charge in [0.1, 0.15) is 0 Å². The monoisotopic (exact) mass is 783 g/mol. The van der Waals surface area contributed by atoms with Crippen LogP contribution in [-0.2, 0) is 0 Å². The lowest BCUT2D eigenvalue weighted by molar-refractivity contribution is 0.373. The maximum atomic E-state index is 10.7. The molecular formula is C48H37N3O8. The van der Waals surface area contributed by atoms with Crippen LogP contribution in [0, 0.1) is 10.4 Å². The maximum Gasteiger partial charge on any atom is 0.161 e. The van der Waals surface area contributed by atoms with E-state index in [1.165, 1.54) is 28.4 Å². The number of hydrogen-bond donors (Lipinski definition) is 5. The van der Waals surface area contributed by atoms with Gasteiger partial charge in [0.15, 0.2) is 46.0 Å². The number of aromatic amines is 1. The Kier molecular flexibility index (Phi) is 9.05. The summed E-state index contributed by atoms with van der Waals surface area (Å²) in [5, 5.41) is 44.2. The lowest BCUT2D eigenvalue weighted by Gasteiger charge is -2.13. The van der Waals surface area contributed by atoms with Gasteiger partial charge >= 0.3 is 0 Å². The third kappa shape index (κ3) is 6.25. The highest BCUT2D eigenvalue weighted by atomic mass is 16.5. The summed E-state index contributed by atoms with van der Waals surface area (Å²) in [6.45, 7) is 0. The topological polar surface area (TPSA) is 159 Å². The van der Waals surface area contributed by atoms with Gasteiger partial charge in [-0.1, -0.05) is 36.4 Å². The number of phenols is 4. The molecule has 292 valence electrons. The quantitative estimate of drug-likeness (QED) is 0.100. The van der Waals surface area contributed by atoms with Gasteiger partial charge in [-0.25, -0.2) is 9.97 Å². The number of H-pyrrole nitrogens is 1. The number of rotatable bonds is 8. The number of aromatic hydroxyl groups is 4. The minimum atomic E-state index is -0.00166. The third-order valence-electron chi connectivity index (χ3n) is 10.6. The highest BCUT2D eigenvalue weighted by molar-refractivity contribution is 5.97. The molecule has 3 aliphatic heterocycles. The van der Waals surface area contributed by atoms with Crippen molar-refractivity contribution in [2.45, 2.75) is 0 Å². The summed E-state index contributed by atoms with van der Waals surface area (Å²) in [4.78, 5) is 14.3. The van der Waals surface area contributed by atoms with E-state index >= 15 is 0 Å². The molecule has 0 saturated heterocycles. The first-order valence-corrected chi connectivity index (χ1v) is 18.6. The van der Waals surface area contributed by atoms with Gasteiger partial charge in [0, 0.05) is 33.3 Å². The Bertz CT molecular complexity index is 2910. The normalized spacial score (nSPS) is 11.9. The smallest absolute Gasteiger partial charge is 0.161 e. The molecule has 5 N–H and O–H groups in total. The number of methoxy groups -OCH3 is 4. The van der Waals surface area contributed by atoms with Crippen LogP contribution in [0.15, 0.2) is 97.1 Å². The van der Waals surface area contributed by atoms with Crippen LogP contribution in [0.2, 0.25) is 0 Å². The zero-order valence-electron chi connectivity index (χ0n) is 32.4. The van der Waals surface area contributed by atoms with Gasteiger partial charge in [0.25, 0.3) is 0 Å². The Balaban J connectivity index is 1.51. The summed E-state index contributed by atoms with van der Waals surface area (Å²) in [6.07, 6.45) is 7.81. The molecule has 11 heteroatoms. The predicted molar refractivity (Wildman–Crippen MR) is 228 cm³/mol. The molecule has 4 aliphatic rings. The second kappa shape index (κ2) is 14.5. The van der Waals surface area contributed by atoms with Crippen LogP contribution in [0.5, 0.6) is 46.0 Å². The molecule has 0 radical (unpaired) electrons. The Morgan fingerprint density at radius 1 is 0.373 bits per heavy atom. The lowest BCUT2D eigenvalue weighted by atomic mass is 9.93. The van der Waals surface area contributed by atoms with Gasteiger partial charge < -0.3 is 44.4 Å². The van der Waals surface area contributed by atoms with E-state index < -0.39 is 0 Å². The summed E-state index contributed by atoms with van der Waals surface area (Å²) in [6, 6.07) is 28.7. The molecule has 59 heavy (non-hydrogen) atoms. The molecule has 0 saturated carbocycles. The van der Waals surface area contributed by atoms with Crippen LogP contribution >= 0.6 is 0 Å². The number of ether oxygens (including phenoxy) is 4. The molecule has 0 amide bonds. The van der Waals surface area contributed by atoms with E-state index in [9.17, 15) is 20.4 Å². The fraction of sp³-hybridized carbons (Fsp3) is 0.0833. The summed E-state index contributed by atoms with van der Waals surface area (Å²) < 4.78 is 22.2. The van der Waals surface area contributed by atoms with Gasteiger partial charge in [-0.05, 0) is 118 Å². The van der Waals surface area contributed by atoms with Crippen molar-refractivity contribution in [1.82, 2.24) is 15.0 Å². The average molecular weight is 784 g/mol. The van der Waals surface area contributed by atoms with Gasteiger partial charge in [0.05, 0.1) is 51.2 Å². The second-order valence-electron chi connectivity index (χ2n) is 13.9. The summed E-state index contributed by atoms with van der Waals surface area (Å²) in [7, 11) is 6.02. The molecule has 0 atom stereocenters. The number of aromatic nitrogens is 3. The Morgan fingerprint density at radius 2 is 0.661 bits per heavy atom. The van der Waals surface area contributed by atoms with E-state index in [0.717, 1.165) is 66.0 Å². The number of fused-ring (bicyclic) bond motifs is 6. The highest BCUT2D eigenvalue weighted by Gasteiger charge is 2.22. The van der Waals surface area contributed by atoms with E-state index in [0.29, 0.717) is 45.8 Å². The van der Waals surface area contributed by atoms with Crippen molar-refractivity contribution in [2.75, 3.05) is 28.4 Å². The molecule has 5 aromatic rings. The standard InChI is InChI=1S/C48H37N3O8/c1-56-41-21-25(5-17-37(41)52)45-29-9-10-30(29)46(26-6-18-38(53)42(22-26)57-2)32-12-14-34(50-32)48(28-8-20-40(55)44(24-28)59-4)36-16-15-35(51-36)47(33-13-11-31(45)49-33)27-7-19-39(54)43(23-27)58-3/h5-24,51-55H,1-4H3. The molecule has 4 aromatic carbocycles. The van der Waals surface area contributed by atoms with Crippen molar-refractivity contribution in [1.29, 1.82) is 0 Å². The molecular weight excluding hydrogens is 747 g/mol. The maximum absolute atomic E-state index is 10.7. The van der Waals surface area contributed by atoms with Crippen molar-refractivity contribution < 1.29 is 39.4 Å². The average Bonchev–Trinajstić information content (AvgIpc) is 4.03. The summed E-state index contributed by atoms with van der Waals surface area (Å²) >= 11 is 0. The van der Waals surface area contributed by atoms with Crippen molar-refractivity contribution in [3.05, 3.63) is 130 Å². The van der Waals surface area contributed by atoms with Gasteiger partial charge in [-0.15, -0.1) is 0 Å². The van der Waals surface area contributed by atoms with Crippen LogP contribution in [0.25, 0.3) is 79.8 Å². The Hall–Kier alpha value is -7.92. The Morgan fingerprint density at radius 3 is 0.949 bits per heavy atom. The van der Waals surface area contributed by atoms with E-state index in [4.69, 9.17) is 28.9 Å². The molecule has 9 rings (SSSR count). The largest absolute Gasteiger partial charge is 0.504 e. The van der Waals surface area contributed by atoms with Gasteiger partial charge in [-0.3, -0.25) is 0 Å². The van der Waals surface area contributed by atoms with Gasteiger partial charge in [0.2, 0.25) is 0 Å². The molecule has 0 unspecified atom stereocenters. The number of nitrogens with zero attached hydrogens (tertiary/aromatic N) is 2. The fourth-order valence-electron chi connectivity index (χ4n) is 7.75. The third-order valence-corrected chi connectivity index (χ3v) is 10.6. The first-order chi connectivity index (χ1) is 28.7. The number of benzene rings is 4. The molecule has 4 heterocycles. The van der Waals surface area contributed by atoms with E-state index in [-0.39, 0.29) is 23.0 Å². The SMILES string of the molecule is COc1cc(-c2c3nc(c(-c4ccc(O)c(OC)c4)c4ccc([nH]4)c(-c4ccc(O)c(OC)c4)c4nc(c(-c5ccc(O)c(OC)c5)c5ccc2=5)C=C4)C=C3)ccc1O. The molecule has 0 spiro atoms. The minimum absolute atomic E-state index is 0.00117. The van der Waals surface area contributed by atoms with E-state index in [2.05, 4.69) is 4.98 Å². The van der Waals surface area contributed by atoms with Crippen LogP contribution in [0.4, 0.5) is 0 Å². The zero-order valence-corrected chi connectivity index (χ0v) is 32.4. The first-order valence-electron chi connectivity index (χ1n) is 18.6. The summed E-state index contributed by atoms with van der Waals surface area (Å²) in [5.41, 5.74) is 10.00. The minimum Gasteiger partial charge on any atom is -0.504 e. The lowest BCUT2D eigenvalue weighted by Crippen LogP contribution is -1.95. The van der Waals surface area contributed by atoms with Crippen LogP contribution in [0.3, 0.4) is 0 Å². The van der Waals surface area contributed by atoms with Crippen LogP contribution in [-0.4, -0.2) is 63.8 Å². The van der Waals surface area contributed by atoms with E-state index in [1.807, 2.05) is 72.8 Å². The molecule has 6 bridgehead atoms. The molecule has 1 aromatic heterocycles. The highest BCUT2D eigenvalue weighted by Crippen LogP contribution is 2.43. The molecule has 1 aliphatic carbocycles. The molecule has 11 nitrogen and oxygen atoms in total.